The molecule has 0 aliphatic heterocycles. The molecule has 1 N–H and O–H groups in total. The number of benzene rings is 1. The molecule has 0 aliphatic rings. The SMILES string of the molecule is CCNC(C)CCCCS(=O)c1cccc(C)c1. The van der Waals surface area contributed by atoms with Gasteiger partial charge in [-0.05, 0) is 50.9 Å². The van der Waals surface area contributed by atoms with Crippen LogP contribution >= 0.6 is 0 Å². The number of hydrogen-bond acceptors (Lipinski definition) is 2. The molecule has 1 aromatic carbocycles. The number of nitrogens with one attached hydrogen (secondary N) is 1. The second-order valence-electron chi connectivity index (χ2n) is 4.82. The lowest BCUT2D eigenvalue weighted by molar-refractivity contribution is 0.509. The summed E-state index contributed by atoms with van der Waals surface area (Å²) in [5, 5.41) is 3.40. The molecule has 2 unspecified atom stereocenters. The zero-order valence-corrected chi connectivity index (χ0v) is 12.6. The fourth-order valence-electron chi connectivity index (χ4n) is 2.01. The van der Waals surface area contributed by atoms with Crippen LogP contribution in [-0.4, -0.2) is 22.5 Å². The van der Waals surface area contributed by atoms with Gasteiger partial charge in [0.25, 0.3) is 0 Å². The van der Waals surface area contributed by atoms with Crippen molar-refractivity contribution in [2.75, 3.05) is 12.3 Å². The molecule has 0 fully saturated rings. The molecule has 2 nitrogen and oxygen atoms in total. The lowest BCUT2D eigenvalue weighted by Gasteiger charge is -2.11. The Hall–Kier alpha value is -0.670. The van der Waals surface area contributed by atoms with Gasteiger partial charge in [0.2, 0.25) is 0 Å². The zero-order valence-electron chi connectivity index (χ0n) is 11.7. The van der Waals surface area contributed by atoms with Gasteiger partial charge < -0.3 is 5.32 Å². The van der Waals surface area contributed by atoms with Gasteiger partial charge in [-0.25, -0.2) is 0 Å². The van der Waals surface area contributed by atoms with Crippen molar-refractivity contribution < 1.29 is 4.21 Å². The Morgan fingerprint density at radius 2 is 2.11 bits per heavy atom. The van der Waals surface area contributed by atoms with Crippen LogP contribution in [0.4, 0.5) is 0 Å². The van der Waals surface area contributed by atoms with Gasteiger partial charge in [0, 0.05) is 16.7 Å². The van der Waals surface area contributed by atoms with Gasteiger partial charge in [-0.15, -0.1) is 0 Å². The highest BCUT2D eigenvalue weighted by atomic mass is 32.2. The molecule has 3 heteroatoms. The summed E-state index contributed by atoms with van der Waals surface area (Å²) in [4.78, 5) is 0.967. The molecule has 2 atom stereocenters. The first-order valence-corrected chi connectivity index (χ1v) is 8.13. The predicted molar refractivity (Wildman–Crippen MR) is 79.4 cm³/mol. The Balaban J connectivity index is 2.25. The van der Waals surface area contributed by atoms with E-state index in [-0.39, 0.29) is 0 Å². The highest BCUT2D eigenvalue weighted by molar-refractivity contribution is 7.85. The Kier molecular flexibility index (Phi) is 7.21. The first-order chi connectivity index (χ1) is 8.63. The molecule has 0 saturated carbocycles. The van der Waals surface area contributed by atoms with Crippen molar-refractivity contribution in [3.8, 4) is 0 Å². The monoisotopic (exact) mass is 267 g/mol. The van der Waals surface area contributed by atoms with Crippen molar-refractivity contribution in [1.29, 1.82) is 0 Å². The second-order valence-corrected chi connectivity index (χ2v) is 6.39. The molecule has 1 rings (SSSR count). The predicted octanol–water partition coefficient (Wildman–Crippen LogP) is 3.27. The Bertz CT molecular complexity index is 379. The van der Waals surface area contributed by atoms with Gasteiger partial charge in [0.15, 0.2) is 0 Å². The van der Waals surface area contributed by atoms with E-state index in [4.69, 9.17) is 0 Å². The van der Waals surface area contributed by atoms with Crippen molar-refractivity contribution >= 4 is 10.8 Å². The summed E-state index contributed by atoms with van der Waals surface area (Å²) in [5.41, 5.74) is 1.18. The van der Waals surface area contributed by atoms with E-state index in [9.17, 15) is 4.21 Å². The summed E-state index contributed by atoms with van der Waals surface area (Å²) in [6.45, 7) is 7.40. The standard InChI is InChI=1S/C15H25NOS/c1-4-16-14(3)9-5-6-11-18(17)15-10-7-8-13(2)12-15/h7-8,10,12,14,16H,4-6,9,11H2,1-3H3. The van der Waals surface area contributed by atoms with E-state index in [2.05, 4.69) is 19.2 Å². The fraction of sp³-hybridized carbons (Fsp3) is 0.600. The van der Waals surface area contributed by atoms with Crippen molar-refractivity contribution in [2.24, 2.45) is 0 Å². The van der Waals surface area contributed by atoms with Crippen molar-refractivity contribution in [3.63, 3.8) is 0 Å². The van der Waals surface area contributed by atoms with Crippen LogP contribution in [0.1, 0.15) is 38.7 Å². The van der Waals surface area contributed by atoms with Crippen LogP contribution in [-0.2, 0) is 10.8 Å². The number of unbranched alkanes of at least 4 members (excludes halogenated alkanes) is 1. The number of rotatable bonds is 8. The normalized spacial score (nSPS) is 14.4. The third kappa shape index (κ3) is 5.78. The van der Waals surface area contributed by atoms with Crippen LogP contribution in [0.3, 0.4) is 0 Å². The molecular formula is C15H25NOS. The smallest absolute Gasteiger partial charge is 0.0529 e. The maximum atomic E-state index is 12.1. The molecule has 0 radical (unpaired) electrons. The van der Waals surface area contributed by atoms with Gasteiger partial charge in [0.05, 0.1) is 10.8 Å². The molecule has 0 aromatic heterocycles. The first-order valence-electron chi connectivity index (χ1n) is 6.82. The van der Waals surface area contributed by atoms with Crippen LogP contribution in [0.15, 0.2) is 29.2 Å². The molecule has 0 aliphatic carbocycles. The zero-order chi connectivity index (χ0) is 13.4. The third-order valence-corrected chi connectivity index (χ3v) is 4.46. The van der Waals surface area contributed by atoms with Crippen LogP contribution in [0.2, 0.25) is 0 Å². The van der Waals surface area contributed by atoms with E-state index < -0.39 is 10.8 Å². The second kappa shape index (κ2) is 8.44. The summed E-state index contributed by atoms with van der Waals surface area (Å²) < 4.78 is 12.1. The largest absolute Gasteiger partial charge is 0.315 e. The van der Waals surface area contributed by atoms with E-state index >= 15 is 0 Å². The minimum Gasteiger partial charge on any atom is -0.315 e. The number of hydrogen-bond donors (Lipinski definition) is 1. The van der Waals surface area contributed by atoms with Crippen molar-refractivity contribution in [3.05, 3.63) is 29.8 Å². The molecule has 1 aromatic rings. The van der Waals surface area contributed by atoms with Crippen LogP contribution in [0.25, 0.3) is 0 Å². The van der Waals surface area contributed by atoms with E-state index in [1.165, 1.54) is 12.0 Å². The van der Waals surface area contributed by atoms with Gasteiger partial charge >= 0.3 is 0 Å². The molecule has 0 saturated heterocycles. The molecule has 0 amide bonds. The molecule has 102 valence electrons. The van der Waals surface area contributed by atoms with Crippen molar-refractivity contribution in [2.45, 2.75) is 51.0 Å². The maximum Gasteiger partial charge on any atom is 0.0529 e. The summed E-state index contributed by atoms with van der Waals surface area (Å²) in [6.07, 6.45) is 3.35. The van der Waals surface area contributed by atoms with Crippen LogP contribution in [0, 0.1) is 6.92 Å². The fourth-order valence-corrected chi connectivity index (χ4v) is 3.26. The minimum absolute atomic E-state index is 0.572. The number of aryl methyl sites for hydroxylation is 1. The summed E-state index contributed by atoms with van der Waals surface area (Å²) >= 11 is 0. The highest BCUT2D eigenvalue weighted by Crippen LogP contribution is 2.11. The van der Waals surface area contributed by atoms with Gasteiger partial charge in [0.1, 0.15) is 0 Å². The highest BCUT2D eigenvalue weighted by Gasteiger charge is 2.05. The topological polar surface area (TPSA) is 29.1 Å². The van der Waals surface area contributed by atoms with E-state index in [1.54, 1.807) is 0 Å². The summed E-state index contributed by atoms with van der Waals surface area (Å²) in [5.74, 6) is 0.780. The Morgan fingerprint density at radius 3 is 2.78 bits per heavy atom. The Morgan fingerprint density at radius 1 is 1.33 bits per heavy atom. The first kappa shape index (κ1) is 15.4. The molecular weight excluding hydrogens is 242 g/mol. The van der Waals surface area contributed by atoms with E-state index in [0.29, 0.717) is 6.04 Å². The van der Waals surface area contributed by atoms with Gasteiger partial charge in [-0.1, -0.05) is 25.5 Å². The van der Waals surface area contributed by atoms with E-state index in [1.807, 2.05) is 31.2 Å². The quantitative estimate of drug-likeness (QED) is 0.732. The van der Waals surface area contributed by atoms with E-state index in [0.717, 1.165) is 30.0 Å². The third-order valence-electron chi connectivity index (χ3n) is 3.02. The Labute approximate surface area is 114 Å². The lowest BCUT2D eigenvalue weighted by Crippen LogP contribution is -2.25. The molecule has 0 bridgehead atoms. The lowest BCUT2D eigenvalue weighted by atomic mass is 10.1. The van der Waals surface area contributed by atoms with Gasteiger partial charge in [-0.2, -0.15) is 0 Å². The van der Waals surface area contributed by atoms with Crippen LogP contribution in [0.5, 0.6) is 0 Å². The van der Waals surface area contributed by atoms with Crippen LogP contribution < -0.4 is 5.32 Å². The summed E-state index contributed by atoms with van der Waals surface area (Å²) in [6, 6.07) is 8.58. The molecule has 18 heavy (non-hydrogen) atoms. The average Bonchev–Trinajstić information content (AvgIpc) is 2.35. The summed E-state index contributed by atoms with van der Waals surface area (Å²) in [7, 11) is -0.833. The molecule has 0 heterocycles. The van der Waals surface area contributed by atoms with Crippen molar-refractivity contribution in [1.82, 2.24) is 5.32 Å². The molecule has 0 spiro atoms. The maximum absolute atomic E-state index is 12.1. The average molecular weight is 267 g/mol. The minimum atomic E-state index is -0.833. The van der Waals surface area contributed by atoms with Gasteiger partial charge in [-0.3, -0.25) is 4.21 Å².